The van der Waals surface area contributed by atoms with Crippen LogP contribution in [0.15, 0.2) is 30.1 Å². The van der Waals surface area contributed by atoms with E-state index in [0.29, 0.717) is 0 Å². The Bertz CT molecular complexity index is 291. The van der Waals surface area contributed by atoms with Crippen LogP contribution in [0.5, 0.6) is 0 Å². The van der Waals surface area contributed by atoms with Crippen molar-refractivity contribution in [3.05, 3.63) is 35.7 Å². The maximum atomic E-state index is 3.99. The van der Waals surface area contributed by atoms with Crippen molar-refractivity contribution in [1.29, 1.82) is 0 Å². The first-order valence-electron chi connectivity index (χ1n) is 4.75. The maximum Gasteiger partial charge on any atom is 0.0273 e. The molecule has 1 fully saturated rings. The summed E-state index contributed by atoms with van der Waals surface area (Å²) in [6.45, 7) is 2.20. The Labute approximate surface area is 103 Å². The molecule has 0 saturated carbocycles. The standard InChI is InChI=1S/C11H14N2.2ClH/c1-2-11(9-13-5-1)8-10-3-6-12-7-4-10;;/h3-4,6-8,13H,1-2,5,9H2;2*1H/b11-8-;;. The highest BCUT2D eigenvalue weighted by molar-refractivity contribution is 5.85. The molecule has 0 aliphatic carbocycles. The van der Waals surface area contributed by atoms with Crippen molar-refractivity contribution >= 4 is 30.9 Å². The minimum atomic E-state index is 0. The lowest BCUT2D eigenvalue weighted by atomic mass is 10.0. The quantitative estimate of drug-likeness (QED) is 0.825. The van der Waals surface area contributed by atoms with Crippen molar-refractivity contribution in [3.8, 4) is 0 Å². The summed E-state index contributed by atoms with van der Waals surface area (Å²) < 4.78 is 0. The summed E-state index contributed by atoms with van der Waals surface area (Å²) >= 11 is 0. The summed E-state index contributed by atoms with van der Waals surface area (Å²) in [4.78, 5) is 3.99. The fraction of sp³-hybridized carbons (Fsp3) is 0.364. The van der Waals surface area contributed by atoms with Crippen LogP contribution in [0.1, 0.15) is 18.4 Å². The maximum absolute atomic E-state index is 3.99. The second kappa shape index (κ2) is 7.69. The van der Waals surface area contributed by atoms with Gasteiger partial charge in [0.1, 0.15) is 0 Å². The van der Waals surface area contributed by atoms with E-state index in [9.17, 15) is 0 Å². The SMILES string of the molecule is C(=C1\CCCNC1)/c1ccncc1.Cl.Cl. The average molecular weight is 247 g/mol. The zero-order valence-electron chi connectivity index (χ0n) is 8.48. The monoisotopic (exact) mass is 246 g/mol. The van der Waals surface area contributed by atoms with Crippen molar-refractivity contribution in [2.24, 2.45) is 0 Å². The fourth-order valence-electron chi connectivity index (χ4n) is 1.60. The molecular formula is C11H16Cl2N2. The molecule has 0 spiro atoms. The Morgan fingerprint density at radius 2 is 1.93 bits per heavy atom. The highest BCUT2D eigenvalue weighted by Crippen LogP contribution is 2.12. The zero-order chi connectivity index (χ0) is 8.93. The molecule has 0 aromatic carbocycles. The number of hydrogen-bond donors (Lipinski definition) is 1. The molecule has 1 N–H and O–H groups in total. The number of nitrogens with zero attached hydrogens (tertiary/aromatic N) is 1. The lowest BCUT2D eigenvalue weighted by Crippen LogP contribution is -2.23. The molecule has 2 rings (SSSR count). The zero-order valence-corrected chi connectivity index (χ0v) is 10.1. The molecule has 0 bridgehead atoms. The van der Waals surface area contributed by atoms with E-state index in [1.807, 2.05) is 24.5 Å². The summed E-state index contributed by atoms with van der Waals surface area (Å²) in [6.07, 6.45) is 8.42. The average Bonchev–Trinajstić information content (AvgIpc) is 2.21. The molecule has 1 aromatic rings. The third kappa shape index (κ3) is 4.65. The highest BCUT2D eigenvalue weighted by Gasteiger charge is 2.03. The molecule has 0 radical (unpaired) electrons. The van der Waals surface area contributed by atoms with Gasteiger partial charge in [0, 0.05) is 18.9 Å². The van der Waals surface area contributed by atoms with E-state index in [0.717, 1.165) is 13.1 Å². The van der Waals surface area contributed by atoms with E-state index in [-0.39, 0.29) is 24.8 Å². The summed E-state index contributed by atoms with van der Waals surface area (Å²) in [7, 11) is 0. The minimum Gasteiger partial charge on any atom is -0.313 e. The molecule has 2 nitrogen and oxygen atoms in total. The van der Waals surface area contributed by atoms with Gasteiger partial charge in [0.25, 0.3) is 0 Å². The molecule has 4 heteroatoms. The molecule has 1 saturated heterocycles. The number of nitrogens with one attached hydrogen (secondary N) is 1. The first-order chi connectivity index (χ1) is 6.45. The number of hydrogen-bond acceptors (Lipinski definition) is 2. The first kappa shape index (κ1) is 14.4. The van der Waals surface area contributed by atoms with Crippen molar-refractivity contribution in [3.63, 3.8) is 0 Å². The van der Waals surface area contributed by atoms with Gasteiger partial charge >= 0.3 is 0 Å². The number of aromatic nitrogens is 1. The predicted octanol–water partition coefficient (Wildman–Crippen LogP) is 2.69. The Kier molecular flexibility index (Phi) is 7.39. The Hall–Kier alpha value is -0.570. The minimum absolute atomic E-state index is 0. The molecule has 0 atom stereocenters. The van der Waals surface area contributed by atoms with Gasteiger partial charge in [-0.2, -0.15) is 0 Å². The lowest BCUT2D eigenvalue weighted by molar-refractivity contribution is 0.613. The van der Waals surface area contributed by atoms with E-state index >= 15 is 0 Å². The van der Waals surface area contributed by atoms with Crippen LogP contribution < -0.4 is 5.32 Å². The fourth-order valence-corrected chi connectivity index (χ4v) is 1.60. The van der Waals surface area contributed by atoms with Crippen LogP contribution in [-0.2, 0) is 0 Å². The third-order valence-electron chi connectivity index (χ3n) is 2.28. The van der Waals surface area contributed by atoms with Gasteiger partial charge in [-0.1, -0.05) is 11.6 Å². The molecular weight excluding hydrogens is 231 g/mol. The molecule has 0 amide bonds. The van der Waals surface area contributed by atoms with Crippen molar-refractivity contribution in [2.75, 3.05) is 13.1 Å². The molecule has 1 aromatic heterocycles. The molecule has 2 heterocycles. The van der Waals surface area contributed by atoms with Crippen molar-refractivity contribution < 1.29 is 0 Å². The number of piperidine rings is 1. The second-order valence-corrected chi connectivity index (χ2v) is 3.36. The Morgan fingerprint density at radius 1 is 1.20 bits per heavy atom. The summed E-state index contributed by atoms with van der Waals surface area (Å²) in [6, 6.07) is 4.09. The van der Waals surface area contributed by atoms with Gasteiger partial charge in [0.05, 0.1) is 0 Å². The Balaban J connectivity index is 0.000000980. The van der Waals surface area contributed by atoms with Crippen LogP contribution in [0.25, 0.3) is 6.08 Å². The molecule has 1 aliphatic rings. The van der Waals surface area contributed by atoms with E-state index in [4.69, 9.17) is 0 Å². The summed E-state index contributed by atoms with van der Waals surface area (Å²) in [5.74, 6) is 0. The summed E-state index contributed by atoms with van der Waals surface area (Å²) in [5, 5.41) is 3.37. The van der Waals surface area contributed by atoms with E-state index < -0.39 is 0 Å². The molecule has 1 aliphatic heterocycles. The summed E-state index contributed by atoms with van der Waals surface area (Å²) in [5.41, 5.74) is 2.76. The number of rotatable bonds is 1. The van der Waals surface area contributed by atoms with Gasteiger partial charge in [-0.25, -0.2) is 0 Å². The van der Waals surface area contributed by atoms with Gasteiger partial charge in [-0.3, -0.25) is 4.98 Å². The van der Waals surface area contributed by atoms with Crippen LogP contribution in [0.2, 0.25) is 0 Å². The second-order valence-electron chi connectivity index (χ2n) is 3.36. The van der Waals surface area contributed by atoms with Gasteiger partial charge in [0.15, 0.2) is 0 Å². The van der Waals surface area contributed by atoms with E-state index in [1.165, 1.54) is 24.0 Å². The Morgan fingerprint density at radius 3 is 2.53 bits per heavy atom. The van der Waals surface area contributed by atoms with Crippen LogP contribution in [0.4, 0.5) is 0 Å². The largest absolute Gasteiger partial charge is 0.313 e. The van der Waals surface area contributed by atoms with Crippen molar-refractivity contribution in [1.82, 2.24) is 10.3 Å². The molecule has 84 valence electrons. The highest BCUT2D eigenvalue weighted by atomic mass is 35.5. The van der Waals surface area contributed by atoms with Gasteiger partial charge in [0.2, 0.25) is 0 Å². The van der Waals surface area contributed by atoms with Crippen LogP contribution >= 0.6 is 24.8 Å². The van der Waals surface area contributed by atoms with Gasteiger partial charge in [-0.05, 0) is 37.1 Å². The van der Waals surface area contributed by atoms with E-state index in [1.54, 1.807) is 0 Å². The molecule has 0 unspecified atom stereocenters. The predicted molar refractivity (Wildman–Crippen MR) is 68.8 cm³/mol. The first-order valence-corrected chi connectivity index (χ1v) is 4.75. The van der Waals surface area contributed by atoms with Crippen LogP contribution in [0.3, 0.4) is 0 Å². The van der Waals surface area contributed by atoms with Crippen LogP contribution in [0, 0.1) is 0 Å². The number of halogens is 2. The van der Waals surface area contributed by atoms with Crippen molar-refractivity contribution in [2.45, 2.75) is 12.8 Å². The normalized spacial score (nSPS) is 17.7. The number of pyridine rings is 1. The van der Waals surface area contributed by atoms with E-state index in [2.05, 4.69) is 16.4 Å². The topological polar surface area (TPSA) is 24.9 Å². The van der Waals surface area contributed by atoms with Crippen LogP contribution in [-0.4, -0.2) is 18.1 Å². The molecule has 15 heavy (non-hydrogen) atoms. The van der Waals surface area contributed by atoms with Gasteiger partial charge in [-0.15, -0.1) is 24.8 Å². The third-order valence-corrected chi connectivity index (χ3v) is 2.28. The lowest BCUT2D eigenvalue weighted by Gasteiger charge is -2.15. The van der Waals surface area contributed by atoms with Gasteiger partial charge < -0.3 is 5.32 Å². The smallest absolute Gasteiger partial charge is 0.0273 e.